The van der Waals surface area contributed by atoms with Gasteiger partial charge in [-0.25, -0.2) is 9.59 Å². The highest BCUT2D eigenvalue weighted by Gasteiger charge is 2.56. The maximum absolute atomic E-state index is 13.7. The summed E-state index contributed by atoms with van der Waals surface area (Å²) in [6, 6.07) is 26.5. The van der Waals surface area contributed by atoms with Gasteiger partial charge in [-0.2, -0.15) is 0 Å². The van der Waals surface area contributed by atoms with Gasteiger partial charge in [-0.05, 0) is 23.3 Å². The van der Waals surface area contributed by atoms with E-state index in [4.69, 9.17) is 87.6 Å². The van der Waals surface area contributed by atoms with Gasteiger partial charge in [0.05, 0.1) is 12.2 Å². The van der Waals surface area contributed by atoms with E-state index in [9.17, 15) is 14.4 Å². The minimum absolute atomic E-state index is 0.00680. The number of methoxy groups -OCH3 is 2. The molecule has 5 unspecified atom stereocenters. The van der Waals surface area contributed by atoms with E-state index in [1.54, 1.807) is 49.4 Å². The molecule has 2 aliphatic heterocycles. The van der Waals surface area contributed by atoms with E-state index in [0.717, 1.165) is 11.1 Å². The first-order chi connectivity index (χ1) is 27.3. The fraction of sp³-hybridized carbons (Fsp3) is 0.450. The number of hydrogen-bond acceptors (Lipinski definition) is 14. The van der Waals surface area contributed by atoms with Gasteiger partial charge in [0.2, 0.25) is 12.2 Å². The highest BCUT2D eigenvalue weighted by Crippen LogP contribution is 2.38. The average molecular weight is 853 g/mol. The van der Waals surface area contributed by atoms with Crippen molar-refractivity contribution in [1.29, 1.82) is 5.41 Å². The van der Waals surface area contributed by atoms with Gasteiger partial charge in [0.25, 0.3) is 3.79 Å². The number of benzene rings is 3. The lowest BCUT2D eigenvalue weighted by Gasteiger charge is -2.48. The van der Waals surface area contributed by atoms with Crippen LogP contribution >= 0.6 is 34.8 Å². The SMILES string of the molecule is COC1C(OCc2ccccc2)[C@@H](OC(=N)C(Cl)(Cl)Cl)OC(COC(C)=O)[C@H]1O[C@@H]1OC(C(=O)OCc2ccccc2)[C@H](C)C(OC)[C@@H]1OC(=O)c1ccccc1. The Morgan fingerprint density at radius 3 is 1.84 bits per heavy atom. The lowest BCUT2D eigenvalue weighted by atomic mass is 9.89. The first kappa shape index (κ1) is 44.3. The van der Waals surface area contributed by atoms with Crippen LogP contribution in [-0.2, 0) is 70.2 Å². The lowest BCUT2D eigenvalue weighted by Crippen LogP contribution is -2.65. The summed E-state index contributed by atoms with van der Waals surface area (Å²) in [6.07, 6.45) is -11.5. The second-order valence-electron chi connectivity index (χ2n) is 13.2. The summed E-state index contributed by atoms with van der Waals surface area (Å²) in [4.78, 5) is 39.4. The van der Waals surface area contributed by atoms with Crippen LogP contribution in [0.5, 0.6) is 0 Å². The molecule has 0 saturated carbocycles. The van der Waals surface area contributed by atoms with Gasteiger partial charge >= 0.3 is 17.9 Å². The zero-order chi connectivity index (χ0) is 41.1. The number of halogens is 3. The Kier molecular flexibility index (Phi) is 16.1. The van der Waals surface area contributed by atoms with Crippen LogP contribution in [0.3, 0.4) is 0 Å². The van der Waals surface area contributed by atoms with Crippen molar-refractivity contribution in [3.05, 3.63) is 108 Å². The summed E-state index contributed by atoms with van der Waals surface area (Å²) in [5, 5.41) is 8.32. The van der Waals surface area contributed by atoms with Crippen LogP contribution in [0.4, 0.5) is 0 Å². The maximum Gasteiger partial charge on any atom is 0.338 e. The van der Waals surface area contributed by atoms with Crippen LogP contribution in [0, 0.1) is 11.3 Å². The average Bonchev–Trinajstić information content (AvgIpc) is 3.20. The second kappa shape index (κ2) is 20.7. The van der Waals surface area contributed by atoms with Crippen molar-refractivity contribution in [2.45, 2.75) is 86.2 Å². The standard InChI is InChI=1S/C40H44Cl3NO13/c1-23-29(48-3)34(54-35(46)27-18-12-7-13-19-27)38(55-30(23)36(47)52-21-26-16-10-6-11-17-26)56-31-28(22-50-24(2)45)53-37(57-39(44)40(41,42)43)33(32(31)49-4)51-20-25-14-8-5-9-15-25/h5-19,23,28-34,37-38,44H,20-22H2,1-4H3/t23-,28?,29?,30?,31-,32?,33?,34+,37-,38+/m1/s1. The van der Waals surface area contributed by atoms with Crippen LogP contribution in [0.2, 0.25) is 0 Å². The summed E-state index contributed by atoms with van der Waals surface area (Å²) in [5.41, 5.74) is 1.74. The normalized spacial score (nSPS) is 27.5. The van der Waals surface area contributed by atoms with E-state index in [1.807, 2.05) is 48.5 Å². The van der Waals surface area contributed by atoms with E-state index in [0.29, 0.717) is 0 Å². The molecule has 0 radical (unpaired) electrons. The topological polar surface area (TPSA) is 167 Å². The molecule has 3 aromatic rings. The monoisotopic (exact) mass is 851 g/mol. The Balaban J connectivity index is 1.52. The van der Waals surface area contributed by atoms with Crippen LogP contribution < -0.4 is 0 Å². The molecule has 0 aromatic heterocycles. The van der Waals surface area contributed by atoms with Crippen LogP contribution in [0.15, 0.2) is 91.0 Å². The first-order valence-corrected chi connectivity index (χ1v) is 19.0. The van der Waals surface area contributed by atoms with E-state index in [2.05, 4.69) is 0 Å². The molecule has 2 fully saturated rings. The van der Waals surface area contributed by atoms with E-state index < -0.39 is 95.4 Å². The second-order valence-corrected chi connectivity index (χ2v) is 15.4. The molecule has 3 aromatic carbocycles. The van der Waals surface area contributed by atoms with Crippen molar-refractivity contribution in [3.8, 4) is 0 Å². The van der Waals surface area contributed by atoms with Gasteiger partial charge < -0.3 is 47.4 Å². The van der Waals surface area contributed by atoms with Gasteiger partial charge in [-0.3, -0.25) is 10.2 Å². The minimum Gasteiger partial charge on any atom is -0.463 e. The molecule has 2 saturated heterocycles. The summed E-state index contributed by atoms with van der Waals surface area (Å²) in [5.74, 6) is -3.62. The quantitative estimate of drug-likeness (QED) is 0.0626. The van der Waals surface area contributed by atoms with Crippen LogP contribution in [-0.4, -0.2) is 104 Å². The first-order valence-electron chi connectivity index (χ1n) is 17.9. The van der Waals surface area contributed by atoms with Gasteiger partial charge in [-0.1, -0.05) is 121 Å². The number of carbonyl (C=O) groups is 3. The molecule has 2 heterocycles. The molecule has 0 amide bonds. The number of rotatable bonds is 15. The summed E-state index contributed by atoms with van der Waals surface area (Å²) in [7, 11) is 2.77. The van der Waals surface area contributed by atoms with Crippen molar-refractivity contribution in [1.82, 2.24) is 0 Å². The molecule has 10 atom stereocenters. The Hall–Kier alpha value is -3.83. The van der Waals surface area contributed by atoms with E-state index >= 15 is 0 Å². The zero-order valence-corrected chi connectivity index (χ0v) is 33.8. The summed E-state index contributed by atoms with van der Waals surface area (Å²) in [6.45, 7) is 2.43. The fourth-order valence-corrected chi connectivity index (χ4v) is 6.55. The van der Waals surface area contributed by atoms with Gasteiger partial charge in [-0.15, -0.1) is 0 Å². The largest absolute Gasteiger partial charge is 0.463 e. The van der Waals surface area contributed by atoms with E-state index in [1.165, 1.54) is 21.1 Å². The lowest BCUT2D eigenvalue weighted by molar-refractivity contribution is -0.352. The molecule has 2 aliphatic rings. The number of carbonyl (C=O) groups excluding carboxylic acids is 3. The highest BCUT2D eigenvalue weighted by molar-refractivity contribution is 6.76. The van der Waals surface area contributed by atoms with Crippen molar-refractivity contribution in [3.63, 3.8) is 0 Å². The predicted molar refractivity (Wildman–Crippen MR) is 206 cm³/mol. The summed E-state index contributed by atoms with van der Waals surface area (Å²) >= 11 is 17.9. The molecular weight excluding hydrogens is 809 g/mol. The Bertz CT molecular complexity index is 1770. The Labute approximate surface area is 345 Å². The fourth-order valence-electron chi connectivity index (χ4n) is 6.42. The third kappa shape index (κ3) is 11.9. The highest BCUT2D eigenvalue weighted by atomic mass is 35.6. The molecule has 0 bridgehead atoms. The van der Waals surface area contributed by atoms with Crippen molar-refractivity contribution < 1.29 is 61.8 Å². The minimum atomic E-state index is -2.28. The smallest absolute Gasteiger partial charge is 0.338 e. The molecule has 14 nitrogen and oxygen atoms in total. The zero-order valence-electron chi connectivity index (χ0n) is 31.5. The molecule has 0 spiro atoms. The van der Waals surface area contributed by atoms with Crippen molar-refractivity contribution in [2.75, 3.05) is 20.8 Å². The van der Waals surface area contributed by atoms with Gasteiger partial charge in [0, 0.05) is 27.1 Å². The summed E-state index contributed by atoms with van der Waals surface area (Å²) < 4.78 is 58.1. The third-order valence-corrected chi connectivity index (χ3v) is 9.75. The molecule has 57 heavy (non-hydrogen) atoms. The molecule has 5 rings (SSSR count). The predicted octanol–water partition coefficient (Wildman–Crippen LogP) is 5.97. The third-order valence-electron chi connectivity index (χ3n) is 9.23. The number of alkyl halides is 3. The molecule has 308 valence electrons. The Morgan fingerprint density at radius 1 is 0.702 bits per heavy atom. The van der Waals surface area contributed by atoms with E-state index in [-0.39, 0.29) is 18.8 Å². The molecule has 17 heteroatoms. The number of ether oxygens (including phenoxy) is 10. The number of nitrogens with one attached hydrogen (secondary N) is 1. The van der Waals surface area contributed by atoms with Gasteiger partial charge in [0.15, 0.2) is 18.5 Å². The Morgan fingerprint density at radius 2 is 1.28 bits per heavy atom. The van der Waals surface area contributed by atoms with Crippen LogP contribution in [0.1, 0.15) is 35.3 Å². The number of hydrogen-bond donors (Lipinski definition) is 1. The van der Waals surface area contributed by atoms with Crippen molar-refractivity contribution >= 4 is 58.6 Å². The van der Waals surface area contributed by atoms with Crippen molar-refractivity contribution in [2.24, 2.45) is 5.92 Å². The van der Waals surface area contributed by atoms with Crippen LogP contribution in [0.25, 0.3) is 0 Å². The maximum atomic E-state index is 13.7. The van der Waals surface area contributed by atoms with Gasteiger partial charge in [0.1, 0.15) is 43.7 Å². The molecule has 1 N–H and O–H groups in total. The molecular formula is C40H44Cl3NO13. The molecule has 0 aliphatic carbocycles. The number of esters is 3.